The number of hydrogen-bond donors (Lipinski definition) is 1. The molecule has 0 aliphatic carbocycles. The van der Waals surface area contributed by atoms with Crippen molar-refractivity contribution in [3.05, 3.63) is 29.6 Å². The van der Waals surface area contributed by atoms with Gasteiger partial charge in [0.05, 0.1) is 13.7 Å². The van der Waals surface area contributed by atoms with E-state index in [-0.39, 0.29) is 16.7 Å². The van der Waals surface area contributed by atoms with Crippen LogP contribution in [-0.4, -0.2) is 38.3 Å². The van der Waals surface area contributed by atoms with E-state index in [1.807, 2.05) is 19.9 Å². The lowest BCUT2D eigenvalue weighted by Gasteiger charge is -2.36. The number of nitrogens with zero attached hydrogens (tertiary/aromatic N) is 1. The Balaban J connectivity index is 2.98. The van der Waals surface area contributed by atoms with Crippen LogP contribution in [0.25, 0.3) is 0 Å². The van der Waals surface area contributed by atoms with Crippen LogP contribution in [-0.2, 0) is 20.6 Å². The molecule has 1 heterocycles. The summed E-state index contributed by atoms with van der Waals surface area (Å²) in [6.07, 6.45) is 1.56. The quantitative estimate of drug-likeness (QED) is 0.578. The molecule has 0 aromatic carbocycles. The fraction of sp³-hybridized carbons (Fsp3) is 0.632. The molecule has 0 aliphatic rings. The van der Waals surface area contributed by atoms with Gasteiger partial charge in [0, 0.05) is 11.8 Å². The van der Waals surface area contributed by atoms with Gasteiger partial charge in [0.2, 0.25) is 0 Å². The molecule has 0 unspecified atom stereocenters. The minimum Gasteiger partial charge on any atom is -0.467 e. The molecule has 26 heavy (non-hydrogen) atoms. The molecular weight excluding hydrogens is 348 g/mol. The smallest absolute Gasteiger partial charge is 0.328 e. The molecule has 0 radical (unpaired) electrons. The van der Waals surface area contributed by atoms with Crippen molar-refractivity contribution in [2.24, 2.45) is 5.92 Å². The summed E-state index contributed by atoms with van der Waals surface area (Å²) < 4.78 is 11.0. The predicted molar refractivity (Wildman–Crippen MR) is 104 cm³/mol. The Bertz CT molecular complexity index is 639. The Morgan fingerprint density at radius 2 is 1.88 bits per heavy atom. The maximum absolute atomic E-state index is 12.7. The van der Waals surface area contributed by atoms with Crippen LogP contribution in [0.2, 0.25) is 18.1 Å². The van der Waals surface area contributed by atoms with Gasteiger partial charge in [-0.2, -0.15) is 0 Å². The highest BCUT2D eigenvalue weighted by molar-refractivity contribution is 6.74. The third-order valence-electron chi connectivity index (χ3n) is 4.91. The van der Waals surface area contributed by atoms with Crippen molar-refractivity contribution in [2.75, 3.05) is 7.11 Å². The van der Waals surface area contributed by atoms with Crippen LogP contribution < -0.4 is 5.32 Å². The summed E-state index contributed by atoms with van der Waals surface area (Å²) in [5.41, 5.74) is 0.989. The minimum absolute atomic E-state index is 0.0747. The van der Waals surface area contributed by atoms with Crippen LogP contribution in [0.1, 0.15) is 50.7 Å². The first-order chi connectivity index (χ1) is 11.9. The maximum atomic E-state index is 12.7. The fourth-order valence-electron chi connectivity index (χ4n) is 2.07. The largest absolute Gasteiger partial charge is 0.467 e. The topological polar surface area (TPSA) is 77.5 Å². The molecule has 7 heteroatoms. The molecule has 0 bridgehead atoms. The summed E-state index contributed by atoms with van der Waals surface area (Å²) in [5, 5.41) is 2.81. The zero-order valence-corrected chi connectivity index (χ0v) is 18.2. The van der Waals surface area contributed by atoms with Crippen LogP contribution >= 0.6 is 0 Å². The molecule has 0 saturated heterocycles. The van der Waals surface area contributed by atoms with E-state index < -0.39 is 26.2 Å². The van der Waals surface area contributed by atoms with E-state index in [4.69, 9.17) is 9.16 Å². The van der Waals surface area contributed by atoms with E-state index in [2.05, 4.69) is 44.2 Å². The first kappa shape index (κ1) is 22.3. The highest BCUT2D eigenvalue weighted by Crippen LogP contribution is 2.37. The highest BCUT2D eigenvalue weighted by Gasteiger charge is 2.37. The van der Waals surface area contributed by atoms with E-state index in [9.17, 15) is 9.59 Å². The summed E-state index contributed by atoms with van der Waals surface area (Å²) >= 11 is 0. The second-order valence-corrected chi connectivity index (χ2v) is 13.1. The Labute approximate surface area is 157 Å². The lowest BCUT2D eigenvalue weighted by Crippen LogP contribution is -2.45. The van der Waals surface area contributed by atoms with Gasteiger partial charge in [-0.05, 0) is 30.1 Å². The number of carbonyl (C=O) groups is 2. The van der Waals surface area contributed by atoms with Gasteiger partial charge < -0.3 is 14.5 Å². The zero-order chi connectivity index (χ0) is 20.1. The number of rotatable bonds is 7. The van der Waals surface area contributed by atoms with Crippen molar-refractivity contribution in [2.45, 2.75) is 65.4 Å². The molecule has 0 fully saturated rings. The average Bonchev–Trinajstić information content (AvgIpc) is 2.56. The Hall–Kier alpha value is -1.73. The number of pyridine rings is 1. The van der Waals surface area contributed by atoms with Crippen molar-refractivity contribution in [3.8, 4) is 0 Å². The highest BCUT2D eigenvalue weighted by atomic mass is 28.4. The molecular formula is C19H32N2O4Si. The number of hydrogen-bond acceptors (Lipinski definition) is 5. The number of esters is 1. The van der Waals surface area contributed by atoms with Crippen LogP contribution in [0.4, 0.5) is 0 Å². The lowest BCUT2D eigenvalue weighted by molar-refractivity contribution is -0.144. The van der Waals surface area contributed by atoms with E-state index in [1.54, 1.807) is 12.3 Å². The van der Waals surface area contributed by atoms with Crippen molar-refractivity contribution in [1.82, 2.24) is 10.3 Å². The number of carbonyl (C=O) groups excluding carboxylic acids is 2. The van der Waals surface area contributed by atoms with Gasteiger partial charge >= 0.3 is 5.97 Å². The summed E-state index contributed by atoms with van der Waals surface area (Å²) in [4.78, 5) is 28.8. The molecule has 1 N–H and O–H groups in total. The third-order valence-corrected chi connectivity index (χ3v) is 9.39. The Morgan fingerprint density at radius 3 is 2.38 bits per heavy atom. The van der Waals surface area contributed by atoms with Gasteiger partial charge in [0.1, 0.15) is 11.7 Å². The standard InChI is InChI=1S/C19H32N2O4Si/c1-13(2)15(18(23)24-6)21-17(22)16-14(10-9-11-20-16)12-25-26(7,8)19(3,4)5/h9-11,13,15H,12H2,1-8H3,(H,21,22)/t15-/m1/s1. The first-order valence-electron chi connectivity index (χ1n) is 8.87. The van der Waals surface area contributed by atoms with Crippen molar-refractivity contribution >= 4 is 20.2 Å². The zero-order valence-electron chi connectivity index (χ0n) is 17.2. The van der Waals surface area contributed by atoms with Gasteiger partial charge in [-0.15, -0.1) is 0 Å². The average molecular weight is 381 g/mol. The summed E-state index contributed by atoms with van der Waals surface area (Å²) in [7, 11) is -0.644. The number of nitrogens with one attached hydrogen (secondary N) is 1. The van der Waals surface area contributed by atoms with Crippen LogP contribution in [0.15, 0.2) is 18.3 Å². The van der Waals surface area contributed by atoms with Crippen LogP contribution in [0.3, 0.4) is 0 Å². The summed E-state index contributed by atoms with van der Waals surface area (Å²) in [5.74, 6) is -0.964. The second-order valence-electron chi connectivity index (χ2n) is 8.28. The van der Waals surface area contributed by atoms with Crippen molar-refractivity contribution in [3.63, 3.8) is 0 Å². The van der Waals surface area contributed by atoms with Gasteiger partial charge in [-0.3, -0.25) is 9.78 Å². The normalized spacial score (nSPS) is 13.4. The van der Waals surface area contributed by atoms with E-state index >= 15 is 0 Å². The number of amides is 1. The third kappa shape index (κ3) is 5.64. The second kappa shape index (κ2) is 8.77. The van der Waals surface area contributed by atoms with Crippen molar-refractivity contribution in [1.29, 1.82) is 0 Å². The number of methoxy groups -OCH3 is 1. The molecule has 146 valence electrons. The maximum Gasteiger partial charge on any atom is 0.328 e. The van der Waals surface area contributed by atoms with Gasteiger partial charge in [0.15, 0.2) is 8.32 Å². The fourth-order valence-corrected chi connectivity index (χ4v) is 3.02. The monoisotopic (exact) mass is 380 g/mol. The van der Waals surface area contributed by atoms with Crippen LogP contribution in [0.5, 0.6) is 0 Å². The molecule has 0 spiro atoms. The molecule has 0 saturated carbocycles. The SMILES string of the molecule is COC(=O)[C@H](NC(=O)c1ncccc1CO[Si](C)(C)C(C)(C)C)C(C)C. The molecule has 1 amide bonds. The van der Waals surface area contributed by atoms with E-state index in [0.29, 0.717) is 12.2 Å². The molecule has 1 atom stereocenters. The van der Waals surface area contributed by atoms with E-state index in [1.165, 1.54) is 7.11 Å². The lowest BCUT2D eigenvalue weighted by atomic mass is 10.0. The molecule has 6 nitrogen and oxygen atoms in total. The summed E-state index contributed by atoms with van der Waals surface area (Å²) in [6, 6.07) is 2.89. The van der Waals surface area contributed by atoms with Gasteiger partial charge in [-0.1, -0.05) is 40.7 Å². The van der Waals surface area contributed by atoms with E-state index in [0.717, 1.165) is 0 Å². The predicted octanol–water partition coefficient (Wildman–Crippen LogP) is 3.53. The minimum atomic E-state index is -1.95. The molecule has 0 aliphatic heterocycles. The van der Waals surface area contributed by atoms with Crippen LogP contribution in [0, 0.1) is 5.92 Å². The molecule has 1 rings (SSSR count). The Kier molecular flexibility index (Phi) is 7.53. The van der Waals surface area contributed by atoms with Gasteiger partial charge in [0.25, 0.3) is 5.91 Å². The first-order valence-corrected chi connectivity index (χ1v) is 11.8. The molecule has 1 aromatic rings. The Morgan fingerprint density at radius 1 is 1.27 bits per heavy atom. The van der Waals surface area contributed by atoms with Crippen molar-refractivity contribution < 1.29 is 18.8 Å². The van der Waals surface area contributed by atoms with Gasteiger partial charge in [-0.25, -0.2) is 4.79 Å². The number of ether oxygens (including phenoxy) is 1. The number of aromatic nitrogens is 1. The molecule has 1 aromatic heterocycles. The summed E-state index contributed by atoms with van der Waals surface area (Å²) in [6.45, 7) is 14.8.